The molecular formula is C23H21FN6O. The van der Waals surface area contributed by atoms with Crippen LogP contribution in [0.1, 0.15) is 37.1 Å². The van der Waals surface area contributed by atoms with E-state index < -0.39 is 0 Å². The summed E-state index contributed by atoms with van der Waals surface area (Å²) in [7, 11) is 0. The van der Waals surface area contributed by atoms with Crippen LogP contribution in [0.4, 0.5) is 10.2 Å². The molecule has 1 aliphatic rings. The van der Waals surface area contributed by atoms with Crippen molar-refractivity contribution in [1.29, 1.82) is 0 Å². The van der Waals surface area contributed by atoms with E-state index in [4.69, 9.17) is 0 Å². The number of hydrogen-bond acceptors (Lipinski definition) is 5. The van der Waals surface area contributed by atoms with E-state index >= 15 is 0 Å². The molecule has 5 rings (SSSR count). The SMILES string of the molecule is Cc1cccc2cc(C(C)Nc3ncnc4nc[nH]c34)n(C3=CC=C(F)CC3)c(=O)c12. The van der Waals surface area contributed by atoms with Crippen molar-refractivity contribution in [1.82, 2.24) is 24.5 Å². The number of nitrogens with zero attached hydrogens (tertiary/aromatic N) is 4. The highest BCUT2D eigenvalue weighted by molar-refractivity contribution is 5.86. The second kappa shape index (κ2) is 7.46. The monoisotopic (exact) mass is 416 g/mol. The topological polar surface area (TPSA) is 88.5 Å². The number of anilines is 1. The molecule has 0 radical (unpaired) electrons. The van der Waals surface area contributed by atoms with Crippen LogP contribution in [0.15, 0.2) is 59.7 Å². The van der Waals surface area contributed by atoms with Gasteiger partial charge in [0, 0.05) is 17.8 Å². The number of allylic oxidation sites excluding steroid dienone is 4. The summed E-state index contributed by atoms with van der Waals surface area (Å²) in [6.45, 7) is 3.90. The maximum absolute atomic E-state index is 13.6. The van der Waals surface area contributed by atoms with E-state index in [1.54, 1.807) is 17.0 Å². The van der Waals surface area contributed by atoms with Gasteiger partial charge in [-0.25, -0.2) is 19.3 Å². The Labute approximate surface area is 177 Å². The second-order valence-electron chi connectivity index (χ2n) is 7.71. The van der Waals surface area contributed by atoms with Gasteiger partial charge in [-0.05, 0) is 49.4 Å². The Hall–Kier alpha value is -3.81. The summed E-state index contributed by atoms with van der Waals surface area (Å²) in [6.07, 6.45) is 6.89. The predicted molar refractivity (Wildman–Crippen MR) is 119 cm³/mol. The molecule has 0 aliphatic heterocycles. The van der Waals surface area contributed by atoms with Crippen LogP contribution in [-0.2, 0) is 0 Å². The highest BCUT2D eigenvalue weighted by Crippen LogP contribution is 2.29. The summed E-state index contributed by atoms with van der Waals surface area (Å²) in [5.74, 6) is 0.422. The van der Waals surface area contributed by atoms with E-state index in [1.807, 2.05) is 38.1 Å². The van der Waals surface area contributed by atoms with Gasteiger partial charge in [-0.2, -0.15) is 0 Å². The molecule has 4 aromatic rings. The Balaban J connectivity index is 1.69. The van der Waals surface area contributed by atoms with Crippen molar-refractivity contribution in [3.63, 3.8) is 0 Å². The van der Waals surface area contributed by atoms with Gasteiger partial charge in [0.1, 0.15) is 17.7 Å². The van der Waals surface area contributed by atoms with Gasteiger partial charge in [0.15, 0.2) is 11.5 Å². The number of fused-ring (bicyclic) bond motifs is 2. The van der Waals surface area contributed by atoms with Gasteiger partial charge >= 0.3 is 0 Å². The Morgan fingerprint density at radius 3 is 2.87 bits per heavy atom. The smallest absolute Gasteiger partial charge is 0.263 e. The van der Waals surface area contributed by atoms with Gasteiger partial charge in [-0.1, -0.05) is 18.2 Å². The molecule has 0 spiro atoms. The van der Waals surface area contributed by atoms with Crippen LogP contribution in [0.3, 0.4) is 0 Å². The minimum absolute atomic E-state index is 0.101. The Bertz CT molecular complexity index is 1430. The molecule has 2 N–H and O–H groups in total. The van der Waals surface area contributed by atoms with Gasteiger partial charge in [-0.3, -0.25) is 9.36 Å². The molecule has 0 saturated heterocycles. The number of imidazole rings is 1. The predicted octanol–water partition coefficient (Wildman–Crippen LogP) is 4.64. The number of halogens is 1. The average molecular weight is 416 g/mol. The molecule has 7 nitrogen and oxygen atoms in total. The first-order chi connectivity index (χ1) is 15.0. The number of aromatic nitrogens is 5. The Morgan fingerprint density at radius 2 is 2.06 bits per heavy atom. The summed E-state index contributed by atoms with van der Waals surface area (Å²) in [5.41, 5.74) is 3.62. The molecule has 1 aromatic carbocycles. The third-order valence-corrected chi connectivity index (χ3v) is 5.67. The van der Waals surface area contributed by atoms with E-state index in [0.29, 0.717) is 28.8 Å². The van der Waals surface area contributed by atoms with Gasteiger partial charge in [-0.15, -0.1) is 0 Å². The van der Waals surface area contributed by atoms with Crippen LogP contribution >= 0.6 is 0 Å². The summed E-state index contributed by atoms with van der Waals surface area (Å²) in [5, 5.41) is 4.93. The normalized spacial score (nSPS) is 15.1. The van der Waals surface area contributed by atoms with Crippen molar-refractivity contribution in [3.05, 3.63) is 76.5 Å². The zero-order valence-corrected chi connectivity index (χ0v) is 17.2. The minimum atomic E-state index is -0.268. The molecule has 31 heavy (non-hydrogen) atoms. The lowest BCUT2D eigenvalue weighted by Gasteiger charge is -2.24. The molecule has 0 bridgehead atoms. The fourth-order valence-corrected chi connectivity index (χ4v) is 4.11. The minimum Gasteiger partial charge on any atom is -0.360 e. The van der Waals surface area contributed by atoms with Crippen molar-refractivity contribution >= 4 is 33.5 Å². The number of nitrogens with one attached hydrogen (secondary N) is 2. The van der Waals surface area contributed by atoms with Crippen LogP contribution in [0, 0.1) is 6.92 Å². The maximum Gasteiger partial charge on any atom is 0.263 e. The molecule has 0 fully saturated rings. The molecule has 1 atom stereocenters. The van der Waals surface area contributed by atoms with Gasteiger partial charge in [0.05, 0.1) is 17.8 Å². The Kier molecular flexibility index (Phi) is 4.62. The molecule has 3 aromatic heterocycles. The fourth-order valence-electron chi connectivity index (χ4n) is 4.11. The number of rotatable bonds is 4. The highest BCUT2D eigenvalue weighted by atomic mass is 19.1. The van der Waals surface area contributed by atoms with Crippen molar-refractivity contribution in [2.45, 2.75) is 32.7 Å². The second-order valence-corrected chi connectivity index (χ2v) is 7.71. The molecular weight excluding hydrogens is 395 g/mol. The van der Waals surface area contributed by atoms with Gasteiger partial charge in [0.25, 0.3) is 5.56 Å². The van der Waals surface area contributed by atoms with Crippen LogP contribution in [-0.4, -0.2) is 24.5 Å². The highest BCUT2D eigenvalue weighted by Gasteiger charge is 2.21. The van der Waals surface area contributed by atoms with Gasteiger partial charge in [0.2, 0.25) is 0 Å². The number of H-pyrrole nitrogens is 1. The maximum atomic E-state index is 13.6. The van der Waals surface area contributed by atoms with E-state index in [0.717, 1.165) is 22.3 Å². The molecule has 3 heterocycles. The molecule has 1 unspecified atom stereocenters. The van der Waals surface area contributed by atoms with E-state index in [-0.39, 0.29) is 23.8 Å². The molecule has 156 valence electrons. The van der Waals surface area contributed by atoms with E-state index in [1.165, 1.54) is 12.4 Å². The fraction of sp³-hybridized carbons (Fsp3) is 0.217. The number of hydrogen-bond donors (Lipinski definition) is 2. The van der Waals surface area contributed by atoms with Crippen LogP contribution < -0.4 is 10.9 Å². The largest absolute Gasteiger partial charge is 0.360 e. The first-order valence-corrected chi connectivity index (χ1v) is 10.1. The summed E-state index contributed by atoms with van der Waals surface area (Å²) < 4.78 is 15.4. The third-order valence-electron chi connectivity index (χ3n) is 5.67. The van der Waals surface area contributed by atoms with Gasteiger partial charge < -0.3 is 10.3 Å². The zero-order valence-electron chi connectivity index (χ0n) is 17.2. The lowest BCUT2D eigenvalue weighted by atomic mass is 10.0. The number of benzene rings is 1. The molecule has 0 saturated carbocycles. The average Bonchev–Trinajstić information content (AvgIpc) is 3.24. The summed E-state index contributed by atoms with van der Waals surface area (Å²) in [6, 6.07) is 7.56. The molecule has 1 aliphatic carbocycles. The lowest BCUT2D eigenvalue weighted by Crippen LogP contribution is -2.27. The van der Waals surface area contributed by atoms with Crippen molar-refractivity contribution in [2.24, 2.45) is 0 Å². The van der Waals surface area contributed by atoms with E-state index in [2.05, 4.69) is 25.3 Å². The molecule has 8 heteroatoms. The number of pyridine rings is 1. The third kappa shape index (κ3) is 3.30. The Morgan fingerprint density at radius 1 is 1.19 bits per heavy atom. The first kappa shape index (κ1) is 19.2. The van der Waals surface area contributed by atoms with Crippen molar-refractivity contribution < 1.29 is 4.39 Å². The standard InChI is InChI=1S/C23H21FN6O/c1-13-4-3-5-15-10-18(14(2)29-22-20-21(26-11-25-20)27-12-28-22)30(23(31)19(13)15)17-8-6-16(24)7-9-17/h3-6,8,10-12,14H,7,9H2,1-2H3,(H2,25,26,27,28,29). The number of aromatic amines is 1. The van der Waals surface area contributed by atoms with Crippen LogP contribution in [0.2, 0.25) is 0 Å². The first-order valence-electron chi connectivity index (χ1n) is 10.1. The summed E-state index contributed by atoms with van der Waals surface area (Å²) in [4.78, 5) is 29.3. The van der Waals surface area contributed by atoms with E-state index in [9.17, 15) is 9.18 Å². The zero-order chi connectivity index (χ0) is 21.5. The molecule has 0 amide bonds. The van der Waals surface area contributed by atoms with Crippen LogP contribution in [0.5, 0.6) is 0 Å². The van der Waals surface area contributed by atoms with Crippen LogP contribution in [0.25, 0.3) is 27.6 Å². The van der Waals surface area contributed by atoms with Crippen molar-refractivity contribution in [3.8, 4) is 0 Å². The van der Waals surface area contributed by atoms with Crippen molar-refractivity contribution in [2.75, 3.05) is 5.32 Å². The summed E-state index contributed by atoms with van der Waals surface area (Å²) >= 11 is 0. The number of aryl methyl sites for hydroxylation is 1. The lowest BCUT2D eigenvalue weighted by molar-refractivity contribution is 0.584. The quantitative estimate of drug-likeness (QED) is 0.506.